The zero-order chi connectivity index (χ0) is 26.1. The van der Waals surface area contributed by atoms with Gasteiger partial charge in [-0.1, -0.05) is 89.7 Å². The van der Waals surface area contributed by atoms with Crippen LogP contribution in [0.4, 0.5) is 5.69 Å². The molecule has 1 N–H and O–H groups in total. The number of nitrogens with one attached hydrogen (secondary N) is 1. The third-order valence-electron chi connectivity index (χ3n) is 6.59. The van der Waals surface area contributed by atoms with E-state index in [-0.39, 0.29) is 5.91 Å². The van der Waals surface area contributed by atoms with Crippen molar-refractivity contribution in [2.75, 3.05) is 11.9 Å². The van der Waals surface area contributed by atoms with Crippen LogP contribution in [-0.2, 0) is 6.42 Å². The van der Waals surface area contributed by atoms with Gasteiger partial charge >= 0.3 is 0 Å². The molecular weight excluding hydrogens is 476 g/mol. The molecule has 0 radical (unpaired) electrons. The molecule has 0 saturated carbocycles. The summed E-state index contributed by atoms with van der Waals surface area (Å²) in [7, 11) is 0. The zero-order valence-corrected chi connectivity index (χ0v) is 23.6. The first-order valence-electron chi connectivity index (χ1n) is 14.2. The minimum atomic E-state index is -0.116. The number of unbranched alkanes of at least 4 members (excludes halogenated alkanes) is 11. The molecule has 0 aliphatic rings. The molecule has 1 aromatic heterocycles. The SMILES string of the molecule is CCCCCCCCCCCCCCOc1ccc(C(=O)Nc2cccc(Cc3ncc(C)s3)c2)cc1. The van der Waals surface area contributed by atoms with Gasteiger partial charge < -0.3 is 10.1 Å². The van der Waals surface area contributed by atoms with Crippen LogP contribution >= 0.6 is 11.3 Å². The van der Waals surface area contributed by atoms with Crippen LogP contribution in [0.2, 0.25) is 0 Å². The highest BCUT2D eigenvalue weighted by atomic mass is 32.1. The number of carbonyl (C=O) groups is 1. The minimum absolute atomic E-state index is 0.116. The molecule has 0 fully saturated rings. The third-order valence-corrected chi connectivity index (χ3v) is 7.51. The van der Waals surface area contributed by atoms with Gasteiger partial charge in [0.1, 0.15) is 5.75 Å². The number of anilines is 1. The second-order valence-electron chi connectivity index (χ2n) is 9.96. The summed E-state index contributed by atoms with van der Waals surface area (Å²) >= 11 is 1.71. The molecule has 1 heterocycles. The average molecular weight is 521 g/mol. The molecule has 2 aromatic carbocycles. The Morgan fingerprint density at radius 1 is 0.865 bits per heavy atom. The molecule has 0 aliphatic heterocycles. The maximum Gasteiger partial charge on any atom is 0.255 e. The Kier molecular flexibility index (Phi) is 13.3. The largest absolute Gasteiger partial charge is 0.494 e. The molecule has 5 heteroatoms. The number of carbonyl (C=O) groups excluding carboxylic acids is 1. The molecule has 37 heavy (non-hydrogen) atoms. The van der Waals surface area contributed by atoms with Crippen LogP contribution in [0.25, 0.3) is 0 Å². The molecule has 3 rings (SSSR count). The summed E-state index contributed by atoms with van der Waals surface area (Å²) in [5.74, 6) is 0.704. The van der Waals surface area contributed by atoms with E-state index >= 15 is 0 Å². The van der Waals surface area contributed by atoms with E-state index in [0.29, 0.717) is 5.56 Å². The molecule has 0 saturated heterocycles. The van der Waals surface area contributed by atoms with Crippen molar-refractivity contribution >= 4 is 22.9 Å². The lowest BCUT2D eigenvalue weighted by Gasteiger charge is -2.09. The molecule has 0 bridgehead atoms. The first-order chi connectivity index (χ1) is 18.1. The highest BCUT2D eigenvalue weighted by Crippen LogP contribution is 2.20. The van der Waals surface area contributed by atoms with Crippen LogP contribution in [0.1, 0.15) is 110 Å². The fourth-order valence-electron chi connectivity index (χ4n) is 4.46. The number of benzene rings is 2. The Labute approximate surface area is 227 Å². The predicted molar refractivity (Wildman–Crippen MR) is 157 cm³/mol. The van der Waals surface area contributed by atoms with E-state index in [1.54, 1.807) is 11.3 Å². The third kappa shape index (κ3) is 11.5. The van der Waals surface area contributed by atoms with Crippen LogP contribution in [0.5, 0.6) is 5.75 Å². The van der Waals surface area contributed by atoms with Crippen LogP contribution < -0.4 is 10.1 Å². The van der Waals surface area contributed by atoms with Crippen molar-refractivity contribution in [3.8, 4) is 5.75 Å². The summed E-state index contributed by atoms with van der Waals surface area (Å²) in [4.78, 5) is 18.4. The monoisotopic (exact) mass is 520 g/mol. The second kappa shape index (κ2) is 17.0. The van der Waals surface area contributed by atoms with E-state index < -0.39 is 0 Å². The Hall–Kier alpha value is -2.66. The van der Waals surface area contributed by atoms with E-state index in [9.17, 15) is 4.79 Å². The lowest BCUT2D eigenvalue weighted by atomic mass is 10.1. The fraction of sp³-hybridized carbons (Fsp3) is 0.500. The number of thiazole rings is 1. The number of hydrogen-bond acceptors (Lipinski definition) is 4. The maximum atomic E-state index is 12.7. The van der Waals surface area contributed by atoms with E-state index in [0.717, 1.165) is 41.5 Å². The van der Waals surface area contributed by atoms with Crippen LogP contribution in [0.3, 0.4) is 0 Å². The molecule has 0 spiro atoms. The quantitative estimate of drug-likeness (QED) is 0.170. The maximum absolute atomic E-state index is 12.7. The van der Waals surface area contributed by atoms with Gasteiger partial charge in [0.2, 0.25) is 0 Å². The average Bonchev–Trinajstić information content (AvgIpc) is 3.31. The first-order valence-corrected chi connectivity index (χ1v) is 15.0. The van der Waals surface area contributed by atoms with E-state index in [2.05, 4.69) is 30.2 Å². The van der Waals surface area contributed by atoms with Crippen molar-refractivity contribution in [3.05, 3.63) is 75.7 Å². The van der Waals surface area contributed by atoms with Gasteiger partial charge in [0.15, 0.2) is 0 Å². The number of aryl methyl sites for hydroxylation is 1. The molecule has 4 nitrogen and oxygen atoms in total. The second-order valence-corrected chi connectivity index (χ2v) is 11.3. The zero-order valence-electron chi connectivity index (χ0n) is 22.8. The highest BCUT2D eigenvalue weighted by Gasteiger charge is 2.08. The number of rotatable bonds is 18. The van der Waals surface area contributed by atoms with Crippen LogP contribution in [0, 0.1) is 6.92 Å². The van der Waals surface area contributed by atoms with Gasteiger partial charge in [-0.2, -0.15) is 0 Å². The van der Waals surface area contributed by atoms with Gasteiger partial charge in [-0.25, -0.2) is 4.98 Å². The van der Waals surface area contributed by atoms with Crippen molar-refractivity contribution in [1.82, 2.24) is 4.98 Å². The van der Waals surface area contributed by atoms with Gasteiger partial charge in [0.25, 0.3) is 5.91 Å². The first kappa shape index (κ1) is 28.9. The molecule has 3 aromatic rings. The smallest absolute Gasteiger partial charge is 0.255 e. The Morgan fingerprint density at radius 2 is 1.51 bits per heavy atom. The summed E-state index contributed by atoms with van der Waals surface area (Å²) in [5, 5.41) is 4.09. The van der Waals surface area contributed by atoms with E-state index in [4.69, 9.17) is 4.74 Å². The molecule has 0 aliphatic carbocycles. The van der Waals surface area contributed by atoms with Crippen molar-refractivity contribution in [3.63, 3.8) is 0 Å². The van der Waals surface area contributed by atoms with Gasteiger partial charge in [-0.15, -0.1) is 11.3 Å². The molecular formula is C32H44N2O2S. The fourth-order valence-corrected chi connectivity index (χ4v) is 5.28. The Morgan fingerprint density at radius 3 is 2.14 bits per heavy atom. The van der Waals surface area contributed by atoms with Crippen molar-refractivity contribution < 1.29 is 9.53 Å². The normalized spacial score (nSPS) is 11.0. The number of hydrogen-bond donors (Lipinski definition) is 1. The number of ether oxygens (including phenoxy) is 1. The molecule has 0 atom stereocenters. The Balaban J connectivity index is 1.28. The molecule has 200 valence electrons. The van der Waals surface area contributed by atoms with Crippen molar-refractivity contribution in [2.24, 2.45) is 0 Å². The molecule has 1 amide bonds. The highest BCUT2D eigenvalue weighted by molar-refractivity contribution is 7.11. The van der Waals surface area contributed by atoms with Gasteiger partial charge in [-0.3, -0.25) is 4.79 Å². The van der Waals surface area contributed by atoms with Gasteiger partial charge in [-0.05, 0) is 55.3 Å². The van der Waals surface area contributed by atoms with Crippen molar-refractivity contribution in [1.29, 1.82) is 0 Å². The van der Waals surface area contributed by atoms with Gasteiger partial charge in [0.05, 0.1) is 11.6 Å². The number of nitrogens with zero attached hydrogens (tertiary/aromatic N) is 1. The van der Waals surface area contributed by atoms with Gasteiger partial charge in [0, 0.05) is 28.7 Å². The summed E-state index contributed by atoms with van der Waals surface area (Å²) < 4.78 is 5.89. The topological polar surface area (TPSA) is 51.2 Å². The van der Waals surface area contributed by atoms with Crippen LogP contribution in [-0.4, -0.2) is 17.5 Å². The summed E-state index contributed by atoms with van der Waals surface area (Å²) in [6.45, 7) is 5.07. The minimum Gasteiger partial charge on any atom is -0.494 e. The standard InChI is InChI=1S/C32H44N2O2S/c1-3-4-5-6-7-8-9-10-11-12-13-14-22-36-30-20-18-28(19-21-30)32(35)34-29-17-15-16-27(23-29)24-31-33-25-26(2)37-31/h15-21,23,25H,3-14,22,24H2,1-2H3,(H,34,35). The summed E-state index contributed by atoms with van der Waals surface area (Å²) in [5.41, 5.74) is 2.55. The Bertz CT molecular complexity index is 1040. The number of amides is 1. The molecule has 0 unspecified atom stereocenters. The van der Waals surface area contributed by atoms with E-state index in [1.165, 1.54) is 75.5 Å². The lowest BCUT2D eigenvalue weighted by molar-refractivity contribution is 0.102. The van der Waals surface area contributed by atoms with E-state index in [1.807, 2.05) is 48.7 Å². The van der Waals surface area contributed by atoms with Crippen LogP contribution in [0.15, 0.2) is 54.7 Å². The predicted octanol–water partition coefficient (Wildman–Crippen LogP) is 9.37. The summed E-state index contributed by atoms with van der Waals surface area (Å²) in [6, 6.07) is 15.4. The number of aromatic nitrogens is 1. The lowest BCUT2D eigenvalue weighted by Crippen LogP contribution is -2.12. The van der Waals surface area contributed by atoms with Crippen molar-refractivity contribution in [2.45, 2.75) is 97.3 Å². The summed E-state index contributed by atoms with van der Waals surface area (Å²) in [6.07, 6.45) is 18.7.